The van der Waals surface area contributed by atoms with E-state index in [0.29, 0.717) is 16.8 Å². The van der Waals surface area contributed by atoms with Crippen LogP contribution in [0.5, 0.6) is 0 Å². The second-order valence-corrected chi connectivity index (χ2v) is 5.86. The zero-order valence-corrected chi connectivity index (χ0v) is 13.5. The lowest BCUT2D eigenvalue weighted by molar-refractivity contribution is 0.0779. The molecule has 1 amide bonds. The molecule has 2 aromatic rings. The number of hydrogen-bond donors (Lipinski definition) is 0. The average Bonchev–Trinajstić information content (AvgIpc) is 2.38. The fourth-order valence-electron chi connectivity index (χ4n) is 1.70. The summed E-state index contributed by atoms with van der Waals surface area (Å²) in [5.41, 5.74) is 1.51. The van der Waals surface area contributed by atoms with Crippen LogP contribution in [0.3, 0.4) is 0 Å². The van der Waals surface area contributed by atoms with Crippen LogP contribution in [0.1, 0.15) is 16.1 Å². The molecule has 0 fully saturated rings. The zero-order valence-electron chi connectivity index (χ0n) is 10.3. The molecule has 1 aromatic heterocycles. The molecule has 0 aliphatic rings. The molecule has 0 spiro atoms. The Bertz CT molecular complexity index is 602. The molecule has 0 radical (unpaired) electrons. The average molecular weight is 384 g/mol. The molecule has 0 aliphatic carbocycles. The quantitative estimate of drug-likeness (QED) is 0.753. The van der Waals surface area contributed by atoms with Crippen LogP contribution in [0.15, 0.2) is 51.5 Å². The number of carbonyl (C=O) groups is 1. The molecular formula is C14H12Br2N2O. The minimum atomic E-state index is -0.0960. The first-order valence-electron chi connectivity index (χ1n) is 5.69. The number of nitrogens with zero attached hydrogens (tertiary/aromatic N) is 2. The Morgan fingerprint density at radius 1 is 1.21 bits per heavy atom. The summed E-state index contributed by atoms with van der Waals surface area (Å²) in [5.74, 6) is -0.0960. The van der Waals surface area contributed by atoms with Crippen molar-refractivity contribution >= 4 is 37.8 Å². The molecule has 0 N–H and O–H groups in total. The fraction of sp³-hybridized carbons (Fsp3) is 0.143. The van der Waals surface area contributed by atoms with Gasteiger partial charge in [0, 0.05) is 18.1 Å². The first-order chi connectivity index (χ1) is 9.06. The third kappa shape index (κ3) is 3.88. The summed E-state index contributed by atoms with van der Waals surface area (Å²) in [6, 6.07) is 13.2. The van der Waals surface area contributed by atoms with E-state index >= 15 is 0 Å². The van der Waals surface area contributed by atoms with Gasteiger partial charge in [-0.2, -0.15) is 0 Å². The molecule has 0 saturated carbocycles. The number of carbonyl (C=O) groups excluding carboxylic acids is 1. The van der Waals surface area contributed by atoms with E-state index in [0.717, 1.165) is 10.0 Å². The number of amides is 1. The van der Waals surface area contributed by atoms with E-state index in [1.165, 1.54) is 0 Å². The molecule has 1 aromatic carbocycles. The molecule has 98 valence electrons. The van der Waals surface area contributed by atoms with Gasteiger partial charge in [0.2, 0.25) is 0 Å². The van der Waals surface area contributed by atoms with Crippen LogP contribution in [0.25, 0.3) is 0 Å². The van der Waals surface area contributed by atoms with E-state index in [2.05, 4.69) is 36.8 Å². The van der Waals surface area contributed by atoms with Crippen molar-refractivity contribution in [2.75, 3.05) is 7.05 Å². The van der Waals surface area contributed by atoms with Gasteiger partial charge in [-0.1, -0.05) is 34.1 Å². The maximum absolute atomic E-state index is 12.2. The monoisotopic (exact) mass is 382 g/mol. The predicted molar refractivity (Wildman–Crippen MR) is 81.9 cm³/mol. The van der Waals surface area contributed by atoms with Crippen molar-refractivity contribution in [3.8, 4) is 0 Å². The smallest absolute Gasteiger partial charge is 0.272 e. The summed E-state index contributed by atoms with van der Waals surface area (Å²) in [5, 5.41) is 0. The van der Waals surface area contributed by atoms with E-state index in [9.17, 15) is 4.79 Å². The van der Waals surface area contributed by atoms with Gasteiger partial charge in [-0.25, -0.2) is 4.98 Å². The van der Waals surface area contributed by atoms with Crippen LogP contribution >= 0.6 is 31.9 Å². The predicted octanol–water partition coefficient (Wildman–Crippen LogP) is 3.88. The Hall–Kier alpha value is -1.20. The lowest BCUT2D eigenvalue weighted by Gasteiger charge is -2.17. The lowest BCUT2D eigenvalue weighted by Crippen LogP contribution is -2.27. The summed E-state index contributed by atoms with van der Waals surface area (Å²) in [6.45, 7) is 0.548. The molecule has 0 atom stereocenters. The molecule has 3 nitrogen and oxygen atoms in total. The zero-order chi connectivity index (χ0) is 13.8. The number of pyridine rings is 1. The SMILES string of the molecule is CN(Cc1cccc(Br)c1)C(=O)c1cccc(Br)n1. The van der Waals surface area contributed by atoms with Crippen molar-refractivity contribution in [1.29, 1.82) is 0 Å². The van der Waals surface area contributed by atoms with Crippen molar-refractivity contribution in [3.05, 3.63) is 62.8 Å². The number of hydrogen-bond acceptors (Lipinski definition) is 2. The standard InChI is InChI=1S/C14H12Br2N2O/c1-18(9-10-4-2-5-11(15)8-10)14(19)12-6-3-7-13(16)17-12/h2-8H,9H2,1H3. The van der Waals surface area contributed by atoms with E-state index in [-0.39, 0.29) is 5.91 Å². The summed E-state index contributed by atoms with van der Waals surface area (Å²) in [7, 11) is 1.77. The van der Waals surface area contributed by atoms with Crippen LogP contribution in [0.4, 0.5) is 0 Å². The van der Waals surface area contributed by atoms with E-state index in [4.69, 9.17) is 0 Å². The van der Waals surface area contributed by atoms with Crippen molar-refractivity contribution in [3.63, 3.8) is 0 Å². The normalized spacial score (nSPS) is 10.3. The minimum Gasteiger partial charge on any atom is -0.336 e. The highest BCUT2D eigenvalue weighted by Crippen LogP contribution is 2.14. The summed E-state index contributed by atoms with van der Waals surface area (Å²) < 4.78 is 1.67. The summed E-state index contributed by atoms with van der Waals surface area (Å²) in [4.78, 5) is 18.0. The van der Waals surface area contributed by atoms with Crippen LogP contribution in [-0.2, 0) is 6.54 Å². The lowest BCUT2D eigenvalue weighted by atomic mass is 10.2. The number of benzene rings is 1. The van der Waals surface area contributed by atoms with Gasteiger partial charge in [0.15, 0.2) is 0 Å². The Morgan fingerprint density at radius 3 is 2.63 bits per heavy atom. The Balaban J connectivity index is 2.12. The highest BCUT2D eigenvalue weighted by molar-refractivity contribution is 9.10. The first kappa shape index (κ1) is 14.2. The van der Waals surface area contributed by atoms with E-state index in [1.807, 2.05) is 24.3 Å². The van der Waals surface area contributed by atoms with Gasteiger partial charge >= 0.3 is 0 Å². The molecule has 19 heavy (non-hydrogen) atoms. The van der Waals surface area contributed by atoms with Gasteiger partial charge in [-0.05, 0) is 45.8 Å². The highest BCUT2D eigenvalue weighted by Gasteiger charge is 2.13. The Kier molecular flexibility index (Phi) is 4.71. The van der Waals surface area contributed by atoms with Crippen LogP contribution < -0.4 is 0 Å². The largest absolute Gasteiger partial charge is 0.336 e. The number of halogens is 2. The van der Waals surface area contributed by atoms with E-state index < -0.39 is 0 Å². The van der Waals surface area contributed by atoms with Gasteiger partial charge in [-0.3, -0.25) is 4.79 Å². The van der Waals surface area contributed by atoms with Gasteiger partial charge in [-0.15, -0.1) is 0 Å². The van der Waals surface area contributed by atoms with Crippen molar-refractivity contribution in [1.82, 2.24) is 9.88 Å². The number of aromatic nitrogens is 1. The molecule has 2 rings (SSSR count). The second kappa shape index (κ2) is 6.30. The molecule has 0 saturated heterocycles. The van der Waals surface area contributed by atoms with Gasteiger partial charge < -0.3 is 4.90 Å². The maximum atomic E-state index is 12.2. The topological polar surface area (TPSA) is 33.2 Å². The molecule has 5 heteroatoms. The second-order valence-electron chi connectivity index (χ2n) is 4.14. The molecule has 0 aliphatic heterocycles. The van der Waals surface area contributed by atoms with Gasteiger partial charge in [0.1, 0.15) is 10.3 Å². The molecular weight excluding hydrogens is 372 g/mol. The van der Waals surface area contributed by atoms with Crippen molar-refractivity contribution < 1.29 is 4.79 Å². The Labute approximate surface area is 128 Å². The van der Waals surface area contributed by atoms with Gasteiger partial charge in [0.05, 0.1) is 0 Å². The van der Waals surface area contributed by atoms with Crippen molar-refractivity contribution in [2.24, 2.45) is 0 Å². The summed E-state index contributed by atoms with van der Waals surface area (Å²) in [6.07, 6.45) is 0. The highest BCUT2D eigenvalue weighted by atomic mass is 79.9. The minimum absolute atomic E-state index is 0.0960. The first-order valence-corrected chi connectivity index (χ1v) is 7.27. The number of rotatable bonds is 3. The van der Waals surface area contributed by atoms with E-state index in [1.54, 1.807) is 30.1 Å². The van der Waals surface area contributed by atoms with Crippen LogP contribution in [0, 0.1) is 0 Å². The van der Waals surface area contributed by atoms with Crippen LogP contribution in [0.2, 0.25) is 0 Å². The van der Waals surface area contributed by atoms with Crippen molar-refractivity contribution in [2.45, 2.75) is 6.54 Å². The third-order valence-corrected chi connectivity index (χ3v) is 3.52. The Morgan fingerprint density at radius 2 is 1.95 bits per heavy atom. The molecule has 0 unspecified atom stereocenters. The van der Waals surface area contributed by atoms with Crippen LogP contribution in [-0.4, -0.2) is 22.8 Å². The molecule has 0 bridgehead atoms. The molecule has 1 heterocycles. The van der Waals surface area contributed by atoms with Gasteiger partial charge in [0.25, 0.3) is 5.91 Å². The summed E-state index contributed by atoms with van der Waals surface area (Å²) >= 11 is 6.69. The fourth-order valence-corrected chi connectivity index (χ4v) is 2.49. The third-order valence-electron chi connectivity index (χ3n) is 2.59. The maximum Gasteiger partial charge on any atom is 0.272 e.